The number of carbonyl (C=O) groups excluding carboxylic acids is 2. The summed E-state index contributed by atoms with van der Waals surface area (Å²) in [4.78, 5) is 26.5. The number of carbonyl (C=O) groups is 2. The molecule has 0 unspecified atom stereocenters. The molecule has 2 aromatic carbocycles. The molecule has 11 heteroatoms. The third-order valence-electron chi connectivity index (χ3n) is 7.86. The number of rotatable bonds is 20. The maximum absolute atomic E-state index is 13.7. The summed E-state index contributed by atoms with van der Waals surface area (Å²) in [5.41, 5.74) is 1.89. The van der Waals surface area contributed by atoms with Crippen molar-refractivity contribution in [2.45, 2.75) is 95.2 Å². The van der Waals surface area contributed by atoms with Crippen LogP contribution in [-0.2, 0) is 32.4 Å². The lowest BCUT2D eigenvalue weighted by molar-refractivity contribution is -0.129. The highest BCUT2D eigenvalue weighted by Gasteiger charge is 2.35. The average molecular weight is 652 g/mol. The topological polar surface area (TPSA) is 134 Å². The molecule has 3 rings (SSSR count). The van der Waals surface area contributed by atoms with Crippen LogP contribution in [0.3, 0.4) is 0 Å². The number of nitrogens with one attached hydrogen (secondary N) is 3. The highest BCUT2D eigenvalue weighted by atomic mass is 35.5. The first-order chi connectivity index (χ1) is 20.6. The lowest BCUT2D eigenvalue weighted by Gasteiger charge is -2.28. The first kappa shape index (κ1) is 37.5. The van der Waals surface area contributed by atoms with Crippen molar-refractivity contribution in [3.05, 3.63) is 65.7 Å². The van der Waals surface area contributed by atoms with E-state index in [1.54, 1.807) is 7.11 Å². The molecular weight excluding hydrogens is 602 g/mol. The van der Waals surface area contributed by atoms with Crippen LogP contribution in [0, 0.1) is 5.92 Å². The zero-order valence-corrected chi connectivity index (χ0v) is 27.8. The SMILES string of the molecule is CCCC(CCC)S(=O)(=O)C[C@H](NC(=O)CC1CC1)C(=O)N[C@@H](Cc1ccccc1)[C@H](O)CNCc1cccc(OC)c1.Cl. The number of sulfone groups is 1. The van der Waals surface area contributed by atoms with Gasteiger partial charge in [-0.05, 0) is 61.3 Å². The molecule has 0 radical (unpaired) electrons. The third-order valence-corrected chi connectivity index (χ3v) is 10.1. The largest absolute Gasteiger partial charge is 0.497 e. The Morgan fingerprint density at radius 3 is 2.25 bits per heavy atom. The first-order valence-electron chi connectivity index (χ1n) is 15.5. The van der Waals surface area contributed by atoms with Crippen LogP contribution < -0.4 is 20.7 Å². The number of ether oxygens (including phenoxy) is 1. The van der Waals surface area contributed by atoms with Crippen molar-refractivity contribution in [1.29, 1.82) is 0 Å². The molecule has 0 saturated heterocycles. The first-order valence-corrected chi connectivity index (χ1v) is 17.2. The van der Waals surface area contributed by atoms with Gasteiger partial charge in [-0.1, -0.05) is 69.2 Å². The fraction of sp³-hybridized carbons (Fsp3) is 0.576. The zero-order valence-electron chi connectivity index (χ0n) is 26.2. The maximum atomic E-state index is 13.7. The predicted molar refractivity (Wildman–Crippen MR) is 177 cm³/mol. The number of hydrogen-bond donors (Lipinski definition) is 4. The van der Waals surface area contributed by atoms with Gasteiger partial charge < -0.3 is 25.8 Å². The maximum Gasteiger partial charge on any atom is 0.243 e. The van der Waals surface area contributed by atoms with Crippen LogP contribution in [0.5, 0.6) is 5.75 Å². The minimum Gasteiger partial charge on any atom is -0.497 e. The molecule has 2 amide bonds. The van der Waals surface area contributed by atoms with E-state index in [0.29, 0.717) is 38.6 Å². The van der Waals surface area contributed by atoms with E-state index in [4.69, 9.17) is 4.74 Å². The van der Waals surface area contributed by atoms with Crippen molar-refractivity contribution >= 4 is 34.1 Å². The van der Waals surface area contributed by atoms with Gasteiger partial charge in [0, 0.05) is 19.5 Å². The van der Waals surface area contributed by atoms with Gasteiger partial charge in [0.05, 0.1) is 30.3 Å². The molecular formula is C33H50ClN3O6S. The Morgan fingerprint density at radius 2 is 1.64 bits per heavy atom. The van der Waals surface area contributed by atoms with Gasteiger partial charge in [-0.2, -0.15) is 0 Å². The minimum absolute atomic E-state index is 0. The highest BCUT2D eigenvalue weighted by molar-refractivity contribution is 7.92. The molecule has 9 nitrogen and oxygen atoms in total. The van der Waals surface area contributed by atoms with Crippen molar-refractivity contribution in [2.75, 3.05) is 19.4 Å². The molecule has 0 aromatic heterocycles. The van der Waals surface area contributed by atoms with Gasteiger partial charge in [0.2, 0.25) is 11.8 Å². The number of halogens is 1. The van der Waals surface area contributed by atoms with Crippen LogP contribution in [0.2, 0.25) is 0 Å². The normalized spacial score (nSPS) is 15.1. The average Bonchev–Trinajstić information content (AvgIpc) is 3.80. The molecule has 0 aliphatic heterocycles. The van der Waals surface area contributed by atoms with Crippen molar-refractivity contribution in [2.24, 2.45) is 5.92 Å². The number of amides is 2. The zero-order chi connectivity index (χ0) is 31.2. The predicted octanol–water partition coefficient (Wildman–Crippen LogP) is 3.96. The summed E-state index contributed by atoms with van der Waals surface area (Å²) in [6.07, 6.45) is 3.99. The van der Waals surface area contributed by atoms with E-state index < -0.39 is 44.9 Å². The van der Waals surface area contributed by atoms with Crippen LogP contribution in [0.25, 0.3) is 0 Å². The standard InChI is InChI=1S/C33H49N3O6S.ClH/c1-4-10-28(11-5-2)43(40,41)23-30(35-32(38)20-25-16-17-25)33(39)36-29(19-24-12-7-6-8-13-24)31(37)22-34-21-26-14-9-15-27(18-26)42-3;/h6-9,12-15,18,25,28-31,34,37H,4-5,10-11,16-17,19-23H2,1-3H3,(H,35,38)(H,36,39);1H/t29-,30-,31+;/m0./s1. The fourth-order valence-electron chi connectivity index (χ4n) is 5.26. The Hall–Kier alpha value is -2.66. The van der Waals surface area contributed by atoms with E-state index in [-0.39, 0.29) is 37.2 Å². The Morgan fingerprint density at radius 1 is 0.977 bits per heavy atom. The van der Waals surface area contributed by atoms with E-state index >= 15 is 0 Å². The summed E-state index contributed by atoms with van der Waals surface area (Å²) < 4.78 is 32.2. The lowest BCUT2D eigenvalue weighted by Crippen LogP contribution is -2.57. The van der Waals surface area contributed by atoms with Gasteiger partial charge >= 0.3 is 0 Å². The van der Waals surface area contributed by atoms with E-state index in [1.807, 2.05) is 68.4 Å². The molecule has 44 heavy (non-hydrogen) atoms. The second kappa shape index (κ2) is 19.0. The van der Waals surface area contributed by atoms with Gasteiger partial charge in [-0.25, -0.2) is 8.42 Å². The third kappa shape index (κ3) is 12.8. The van der Waals surface area contributed by atoms with Crippen LogP contribution in [-0.4, -0.2) is 68.2 Å². The number of hydrogen-bond acceptors (Lipinski definition) is 7. The molecule has 1 fully saturated rings. The van der Waals surface area contributed by atoms with Crippen LogP contribution in [0.4, 0.5) is 0 Å². The molecule has 1 aliphatic carbocycles. The van der Waals surface area contributed by atoms with Crippen molar-refractivity contribution in [3.8, 4) is 5.75 Å². The van der Waals surface area contributed by atoms with Gasteiger partial charge in [-0.3, -0.25) is 9.59 Å². The van der Waals surface area contributed by atoms with E-state index in [1.165, 1.54) is 0 Å². The van der Waals surface area contributed by atoms with E-state index in [9.17, 15) is 23.1 Å². The molecule has 0 spiro atoms. The molecule has 0 bridgehead atoms. The second-order valence-electron chi connectivity index (χ2n) is 11.7. The van der Waals surface area contributed by atoms with Gasteiger partial charge in [0.15, 0.2) is 9.84 Å². The van der Waals surface area contributed by atoms with Crippen molar-refractivity contribution in [1.82, 2.24) is 16.0 Å². The summed E-state index contributed by atoms with van der Waals surface area (Å²) in [5, 5.41) is 19.5. The number of benzene rings is 2. The molecule has 2 aromatic rings. The Kier molecular flexibility index (Phi) is 16.2. The fourth-order valence-corrected chi connectivity index (χ4v) is 7.42. The summed E-state index contributed by atoms with van der Waals surface area (Å²) in [7, 11) is -2.07. The van der Waals surface area contributed by atoms with Crippen molar-refractivity contribution in [3.63, 3.8) is 0 Å². The van der Waals surface area contributed by atoms with E-state index in [0.717, 1.165) is 29.7 Å². The van der Waals surface area contributed by atoms with Crippen LogP contribution in [0.1, 0.15) is 69.9 Å². The van der Waals surface area contributed by atoms with Crippen LogP contribution >= 0.6 is 12.4 Å². The Balaban J connectivity index is 0.00000675. The quantitative estimate of drug-likeness (QED) is 0.170. The molecule has 4 N–H and O–H groups in total. The summed E-state index contributed by atoms with van der Waals surface area (Å²) in [6, 6.07) is 15.1. The second-order valence-corrected chi connectivity index (χ2v) is 14.0. The Bertz CT molecular complexity index is 1250. The number of methoxy groups -OCH3 is 1. The molecule has 246 valence electrons. The summed E-state index contributed by atoms with van der Waals surface area (Å²) in [6.45, 7) is 4.55. The number of aliphatic hydroxyl groups is 1. The monoisotopic (exact) mass is 651 g/mol. The smallest absolute Gasteiger partial charge is 0.243 e. The van der Waals surface area contributed by atoms with Gasteiger partial charge in [0.1, 0.15) is 11.8 Å². The molecule has 3 atom stereocenters. The lowest BCUT2D eigenvalue weighted by atomic mass is 10.0. The van der Waals surface area contributed by atoms with Gasteiger partial charge in [0.25, 0.3) is 0 Å². The summed E-state index contributed by atoms with van der Waals surface area (Å²) >= 11 is 0. The van der Waals surface area contributed by atoms with Crippen molar-refractivity contribution < 1.29 is 27.9 Å². The van der Waals surface area contributed by atoms with Crippen LogP contribution in [0.15, 0.2) is 54.6 Å². The number of aliphatic hydroxyl groups excluding tert-OH is 1. The summed E-state index contributed by atoms with van der Waals surface area (Å²) in [5.74, 6) is -0.370. The minimum atomic E-state index is -3.68. The molecule has 1 saturated carbocycles. The van der Waals surface area contributed by atoms with E-state index in [2.05, 4.69) is 16.0 Å². The molecule has 0 heterocycles. The highest BCUT2D eigenvalue weighted by Crippen LogP contribution is 2.32. The van der Waals surface area contributed by atoms with Gasteiger partial charge in [-0.15, -0.1) is 12.4 Å². The Labute approximate surface area is 269 Å². The molecule has 1 aliphatic rings.